The van der Waals surface area contributed by atoms with Gasteiger partial charge in [0.15, 0.2) is 0 Å². The second-order valence-corrected chi connectivity index (χ2v) is 5.62. The number of Topliss-reactive ketones (excluding diaryl/α,β-unsaturated/α-hetero) is 1. The fourth-order valence-electron chi connectivity index (χ4n) is 2.42. The Hall–Kier alpha value is -1.95. The maximum absolute atomic E-state index is 14.0. The number of nitrogens with zero attached hydrogens (tertiary/aromatic N) is 2. The number of amides is 2. The van der Waals surface area contributed by atoms with Crippen LogP contribution < -0.4 is 4.90 Å². The maximum atomic E-state index is 14.0. The first-order valence-corrected chi connectivity index (χ1v) is 6.89. The van der Waals surface area contributed by atoms with Crippen molar-refractivity contribution in [3.8, 4) is 0 Å². The van der Waals surface area contributed by atoms with Gasteiger partial charge in [-0.15, -0.1) is 0 Å². The molecule has 1 aromatic carbocycles. The lowest BCUT2D eigenvalue weighted by Gasteiger charge is -2.21. The van der Waals surface area contributed by atoms with Crippen LogP contribution in [0.15, 0.2) is 12.1 Å². The van der Waals surface area contributed by atoms with E-state index in [-0.39, 0.29) is 34.8 Å². The number of fused-ring (bicyclic) bond motifs is 1. The van der Waals surface area contributed by atoms with Gasteiger partial charge in [-0.1, -0.05) is 11.6 Å². The van der Waals surface area contributed by atoms with Crippen LogP contribution in [0.25, 0.3) is 0 Å². The third-order valence-corrected chi connectivity index (χ3v) is 4.11. The summed E-state index contributed by atoms with van der Waals surface area (Å²) >= 11 is 5.86. The Bertz CT molecular complexity index is 672. The van der Waals surface area contributed by atoms with Gasteiger partial charge in [0.05, 0.1) is 16.3 Å². The molecule has 1 aromatic rings. The molecular formula is C14H12ClFN2O3. The fourth-order valence-corrected chi connectivity index (χ4v) is 2.65. The Morgan fingerprint density at radius 3 is 2.71 bits per heavy atom. The van der Waals surface area contributed by atoms with Gasteiger partial charge in [-0.25, -0.2) is 4.39 Å². The largest absolute Gasteiger partial charge is 0.341 e. The van der Waals surface area contributed by atoms with Crippen molar-refractivity contribution in [2.24, 2.45) is 0 Å². The van der Waals surface area contributed by atoms with Gasteiger partial charge < -0.3 is 4.90 Å². The van der Waals surface area contributed by atoms with Crippen molar-refractivity contribution in [3.63, 3.8) is 0 Å². The molecule has 2 amide bonds. The molecule has 0 unspecified atom stereocenters. The first-order valence-electron chi connectivity index (χ1n) is 6.51. The highest BCUT2D eigenvalue weighted by atomic mass is 35.5. The van der Waals surface area contributed by atoms with Crippen molar-refractivity contribution in [1.82, 2.24) is 4.90 Å². The van der Waals surface area contributed by atoms with Crippen LogP contribution >= 0.6 is 11.6 Å². The number of anilines is 1. The van der Waals surface area contributed by atoms with Gasteiger partial charge in [-0.3, -0.25) is 19.3 Å². The zero-order valence-electron chi connectivity index (χ0n) is 11.2. The average molecular weight is 311 g/mol. The molecule has 0 saturated heterocycles. The molecule has 7 heteroatoms. The zero-order valence-corrected chi connectivity index (χ0v) is 12.0. The number of rotatable bonds is 3. The van der Waals surface area contributed by atoms with Gasteiger partial charge in [0.2, 0.25) is 5.91 Å². The standard InChI is InChI=1S/C14H12ClFN2O3/c1-17(7-2-3-7)10(19)6-18-12-9(16)5-4-8(15)11(12)13(20)14(18)21/h4-5,7H,2-3,6H2,1H3. The molecule has 1 aliphatic carbocycles. The van der Waals surface area contributed by atoms with Gasteiger partial charge in [-0.05, 0) is 25.0 Å². The summed E-state index contributed by atoms with van der Waals surface area (Å²) in [6.07, 6.45) is 1.85. The van der Waals surface area contributed by atoms with Gasteiger partial charge in [0.25, 0.3) is 11.7 Å². The number of ketones is 1. The predicted octanol–water partition coefficient (Wildman–Crippen LogP) is 1.63. The summed E-state index contributed by atoms with van der Waals surface area (Å²) in [6.45, 7) is -0.359. The highest BCUT2D eigenvalue weighted by Crippen LogP contribution is 2.36. The molecule has 5 nitrogen and oxygen atoms in total. The van der Waals surface area contributed by atoms with Crippen LogP contribution in [0.2, 0.25) is 5.02 Å². The first kappa shape index (κ1) is 14.0. The number of likely N-dealkylation sites (N-methyl/N-ethyl adjacent to an activating group) is 1. The molecule has 1 saturated carbocycles. The molecule has 21 heavy (non-hydrogen) atoms. The number of carbonyl (C=O) groups is 3. The van der Waals surface area contributed by atoms with Crippen molar-refractivity contribution < 1.29 is 18.8 Å². The number of halogens is 2. The Labute approximate surface area is 125 Å². The van der Waals surface area contributed by atoms with E-state index in [1.54, 1.807) is 7.05 Å². The van der Waals surface area contributed by atoms with Crippen LogP contribution in [-0.2, 0) is 9.59 Å². The summed E-state index contributed by atoms with van der Waals surface area (Å²) in [5, 5.41) is 0.00949. The summed E-state index contributed by atoms with van der Waals surface area (Å²) in [7, 11) is 1.64. The summed E-state index contributed by atoms with van der Waals surface area (Å²) in [4.78, 5) is 38.4. The van der Waals surface area contributed by atoms with E-state index >= 15 is 0 Å². The molecule has 110 valence electrons. The zero-order chi connectivity index (χ0) is 15.3. The number of hydrogen-bond donors (Lipinski definition) is 0. The molecule has 1 fully saturated rings. The normalized spacial score (nSPS) is 17.2. The molecule has 3 rings (SSSR count). The van der Waals surface area contributed by atoms with E-state index in [2.05, 4.69) is 0 Å². The monoisotopic (exact) mass is 310 g/mol. The predicted molar refractivity (Wildman–Crippen MR) is 73.9 cm³/mol. The lowest BCUT2D eigenvalue weighted by atomic mass is 10.1. The molecule has 0 N–H and O–H groups in total. The van der Waals surface area contributed by atoms with Crippen LogP contribution in [0, 0.1) is 5.82 Å². The van der Waals surface area contributed by atoms with Gasteiger partial charge >= 0.3 is 0 Å². The Morgan fingerprint density at radius 1 is 1.43 bits per heavy atom. The van der Waals surface area contributed by atoms with Crippen molar-refractivity contribution in [2.45, 2.75) is 18.9 Å². The minimum Gasteiger partial charge on any atom is -0.341 e. The van der Waals surface area contributed by atoms with Gasteiger partial charge in [0, 0.05) is 13.1 Å². The molecule has 2 aliphatic rings. The van der Waals surface area contributed by atoms with Gasteiger partial charge in [0.1, 0.15) is 12.4 Å². The van der Waals surface area contributed by atoms with Crippen molar-refractivity contribution in [2.75, 3.05) is 18.5 Å². The maximum Gasteiger partial charge on any atom is 0.300 e. The molecule has 0 radical (unpaired) electrons. The smallest absolute Gasteiger partial charge is 0.300 e. The first-order chi connectivity index (χ1) is 9.91. The fraction of sp³-hybridized carbons (Fsp3) is 0.357. The molecule has 0 aromatic heterocycles. The Balaban J connectivity index is 1.94. The topological polar surface area (TPSA) is 57.7 Å². The van der Waals surface area contributed by atoms with E-state index < -0.39 is 17.5 Å². The number of hydrogen-bond acceptors (Lipinski definition) is 3. The SMILES string of the molecule is CN(C(=O)CN1C(=O)C(=O)c2c(Cl)ccc(F)c21)C1CC1. The summed E-state index contributed by atoms with van der Waals surface area (Å²) in [6, 6.07) is 2.48. The number of carbonyl (C=O) groups excluding carboxylic acids is 3. The van der Waals surface area contributed by atoms with Crippen LogP contribution in [0.4, 0.5) is 10.1 Å². The lowest BCUT2D eigenvalue weighted by Crippen LogP contribution is -2.42. The van der Waals surface area contributed by atoms with E-state index in [1.807, 2.05) is 0 Å². The van der Waals surface area contributed by atoms with Crippen molar-refractivity contribution in [1.29, 1.82) is 0 Å². The van der Waals surface area contributed by atoms with E-state index in [9.17, 15) is 18.8 Å². The highest BCUT2D eigenvalue weighted by Gasteiger charge is 2.42. The van der Waals surface area contributed by atoms with Crippen LogP contribution in [0.5, 0.6) is 0 Å². The molecule has 0 atom stereocenters. The van der Waals surface area contributed by atoms with E-state index in [0.29, 0.717) is 0 Å². The second-order valence-electron chi connectivity index (χ2n) is 5.21. The van der Waals surface area contributed by atoms with Crippen LogP contribution in [0.1, 0.15) is 23.2 Å². The second kappa shape index (κ2) is 4.80. The summed E-state index contributed by atoms with van der Waals surface area (Å²) < 4.78 is 14.0. The Kier molecular flexibility index (Phi) is 3.20. The quantitative estimate of drug-likeness (QED) is 0.797. The molecular weight excluding hydrogens is 299 g/mol. The molecule has 1 aliphatic heterocycles. The minimum absolute atomic E-state index is 0.00949. The Morgan fingerprint density at radius 2 is 2.10 bits per heavy atom. The highest BCUT2D eigenvalue weighted by molar-refractivity contribution is 6.55. The lowest BCUT2D eigenvalue weighted by molar-refractivity contribution is -0.130. The van der Waals surface area contributed by atoms with Crippen LogP contribution in [0.3, 0.4) is 0 Å². The van der Waals surface area contributed by atoms with Crippen LogP contribution in [-0.4, -0.2) is 42.1 Å². The average Bonchev–Trinajstić information content (AvgIpc) is 3.26. The third kappa shape index (κ3) is 2.19. The van der Waals surface area contributed by atoms with Crippen molar-refractivity contribution in [3.05, 3.63) is 28.5 Å². The van der Waals surface area contributed by atoms with Crippen molar-refractivity contribution >= 4 is 34.9 Å². The summed E-state index contributed by atoms with van der Waals surface area (Å²) in [5.74, 6) is -2.87. The summed E-state index contributed by atoms with van der Waals surface area (Å²) in [5.41, 5.74) is -0.362. The molecule has 0 bridgehead atoms. The van der Waals surface area contributed by atoms with E-state index in [0.717, 1.165) is 23.8 Å². The molecule has 0 spiro atoms. The van der Waals surface area contributed by atoms with Gasteiger partial charge in [-0.2, -0.15) is 0 Å². The number of benzene rings is 1. The van der Waals surface area contributed by atoms with E-state index in [4.69, 9.17) is 11.6 Å². The minimum atomic E-state index is -0.922. The van der Waals surface area contributed by atoms with E-state index in [1.165, 1.54) is 11.0 Å². The molecule has 1 heterocycles. The third-order valence-electron chi connectivity index (χ3n) is 3.80.